The Morgan fingerprint density at radius 3 is 2.86 bits per heavy atom. The first-order valence-electron chi connectivity index (χ1n) is 6.11. The van der Waals surface area contributed by atoms with Gasteiger partial charge in [0, 0.05) is 11.6 Å². The van der Waals surface area contributed by atoms with Gasteiger partial charge in [-0.1, -0.05) is 35.9 Å². The molecule has 0 bridgehead atoms. The molecule has 2 aromatic heterocycles. The number of nitrogens with one attached hydrogen (secondary N) is 1. The number of amides is 1. The third kappa shape index (κ3) is 2.68. The molecule has 3 rings (SSSR count). The SMILES string of the molecule is O=C(Nc1ccncc1F)c1cc2ccccc2c(Cl)n1. The van der Waals surface area contributed by atoms with E-state index in [2.05, 4.69) is 15.3 Å². The van der Waals surface area contributed by atoms with Gasteiger partial charge in [-0.15, -0.1) is 0 Å². The fourth-order valence-corrected chi connectivity index (χ4v) is 2.20. The number of nitrogens with zero attached hydrogens (tertiary/aromatic N) is 2. The molecule has 0 aliphatic heterocycles. The van der Waals surface area contributed by atoms with E-state index in [0.717, 1.165) is 17.0 Å². The largest absolute Gasteiger partial charge is 0.318 e. The first kappa shape index (κ1) is 13.5. The standard InChI is InChI=1S/C15H9ClFN3O/c16-14-10-4-2-1-3-9(10)7-13(19-14)15(21)20-12-5-6-18-8-11(12)17/h1-8H,(H,18,20,21). The average molecular weight is 302 g/mol. The summed E-state index contributed by atoms with van der Waals surface area (Å²) in [4.78, 5) is 19.8. The van der Waals surface area contributed by atoms with Gasteiger partial charge in [0.2, 0.25) is 0 Å². The van der Waals surface area contributed by atoms with Crippen molar-refractivity contribution in [2.24, 2.45) is 0 Å². The number of carbonyl (C=O) groups is 1. The van der Waals surface area contributed by atoms with E-state index in [1.54, 1.807) is 6.07 Å². The lowest BCUT2D eigenvalue weighted by atomic mass is 10.1. The Labute approximate surface area is 124 Å². The third-order valence-electron chi connectivity index (χ3n) is 2.95. The summed E-state index contributed by atoms with van der Waals surface area (Å²) >= 11 is 6.07. The Balaban J connectivity index is 1.97. The van der Waals surface area contributed by atoms with E-state index in [1.165, 1.54) is 12.3 Å². The minimum absolute atomic E-state index is 0.0427. The minimum Gasteiger partial charge on any atom is -0.318 e. The van der Waals surface area contributed by atoms with Gasteiger partial charge < -0.3 is 5.32 Å². The highest BCUT2D eigenvalue weighted by atomic mass is 35.5. The van der Waals surface area contributed by atoms with Crippen LogP contribution in [0.3, 0.4) is 0 Å². The molecule has 0 fully saturated rings. The number of hydrogen-bond donors (Lipinski definition) is 1. The maximum absolute atomic E-state index is 13.5. The predicted octanol–water partition coefficient (Wildman–Crippen LogP) is 3.67. The van der Waals surface area contributed by atoms with Gasteiger partial charge in [-0.25, -0.2) is 9.37 Å². The molecule has 104 valence electrons. The third-order valence-corrected chi connectivity index (χ3v) is 3.24. The molecule has 0 aliphatic carbocycles. The normalized spacial score (nSPS) is 10.6. The van der Waals surface area contributed by atoms with Gasteiger partial charge in [0.05, 0.1) is 11.9 Å². The first-order chi connectivity index (χ1) is 10.1. The van der Waals surface area contributed by atoms with Crippen LogP contribution in [-0.2, 0) is 0 Å². The van der Waals surface area contributed by atoms with Gasteiger partial charge in [-0.05, 0) is 17.5 Å². The average Bonchev–Trinajstić information content (AvgIpc) is 2.49. The summed E-state index contributed by atoms with van der Waals surface area (Å²) in [7, 11) is 0. The molecule has 0 saturated heterocycles. The summed E-state index contributed by atoms with van der Waals surface area (Å²) in [5, 5.41) is 4.22. The van der Waals surface area contributed by atoms with Crippen LogP contribution in [0.25, 0.3) is 10.8 Å². The summed E-state index contributed by atoms with van der Waals surface area (Å²) < 4.78 is 13.5. The number of halogens is 2. The number of anilines is 1. The molecule has 1 aromatic carbocycles. The van der Waals surface area contributed by atoms with E-state index in [1.807, 2.05) is 24.3 Å². The summed E-state index contributed by atoms with van der Waals surface area (Å²) in [6.45, 7) is 0. The van der Waals surface area contributed by atoms with E-state index in [-0.39, 0.29) is 16.5 Å². The molecule has 4 nitrogen and oxygen atoms in total. The Hall–Kier alpha value is -2.53. The molecular formula is C15H9ClFN3O. The van der Waals surface area contributed by atoms with Crippen LogP contribution in [0, 0.1) is 5.82 Å². The van der Waals surface area contributed by atoms with Crippen LogP contribution in [0.15, 0.2) is 48.8 Å². The number of rotatable bonds is 2. The zero-order valence-corrected chi connectivity index (χ0v) is 11.4. The molecule has 0 aliphatic rings. The van der Waals surface area contributed by atoms with Crippen LogP contribution in [0.1, 0.15) is 10.5 Å². The van der Waals surface area contributed by atoms with Crippen molar-refractivity contribution in [2.75, 3.05) is 5.32 Å². The Bertz CT molecular complexity index is 838. The molecule has 0 spiro atoms. The van der Waals surface area contributed by atoms with E-state index < -0.39 is 11.7 Å². The highest BCUT2D eigenvalue weighted by molar-refractivity contribution is 6.34. The monoisotopic (exact) mass is 301 g/mol. The topological polar surface area (TPSA) is 54.9 Å². The van der Waals surface area contributed by atoms with Gasteiger partial charge >= 0.3 is 0 Å². The van der Waals surface area contributed by atoms with Gasteiger partial charge in [-0.3, -0.25) is 9.78 Å². The zero-order valence-electron chi connectivity index (χ0n) is 10.7. The molecular weight excluding hydrogens is 293 g/mol. The first-order valence-corrected chi connectivity index (χ1v) is 6.49. The second-order valence-corrected chi connectivity index (χ2v) is 4.69. The highest BCUT2D eigenvalue weighted by Crippen LogP contribution is 2.23. The van der Waals surface area contributed by atoms with Gasteiger partial charge in [0.15, 0.2) is 5.82 Å². The summed E-state index contributed by atoms with van der Waals surface area (Å²) in [5.74, 6) is -1.15. The predicted molar refractivity (Wildman–Crippen MR) is 78.9 cm³/mol. The van der Waals surface area contributed by atoms with Crippen molar-refractivity contribution in [1.82, 2.24) is 9.97 Å². The molecule has 21 heavy (non-hydrogen) atoms. The molecule has 0 radical (unpaired) electrons. The van der Waals surface area contributed by atoms with Crippen LogP contribution < -0.4 is 5.32 Å². The van der Waals surface area contributed by atoms with Crippen LogP contribution >= 0.6 is 11.6 Å². The number of aromatic nitrogens is 2. The Kier molecular flexibility index (Phi) is 3.50. The van der Waals surface area contributed by atoms with Crippen molar-refractivity contribution in [3.63, 3.8) is 0 Å². The summed E-state index contributed by atoms with van der Waals surface area (Å²) in [6, 6.07) is 10.3. The maximum Gasteiger partial charge on any atom is 0.274 e. The lowest BCUT2D eigenvalue weighted by Crippen LogP contribution is -2.14. The molecule has 1 N–H and O–H groups in total. The lowest BCUT2D eigenvalue weighted by molar-refractivity contribution is 0.102. The smallest absolute Gasteiger partial charge is 0.274 e. The number of fused-ring (bicyclic) bond motifs is 1. The van der Waals surface area contributed by atoms with Crippen molar-refractivity contribution in [3.05, 3.63) is 65.5 Å². The fourth-order valence-electron chi connectivity index (χ4n) is 1.94. The van der Waals surface area contributed by atoms with Crippen LogP contribution in [0.2, 0.25) is 5.15 Å². The second-order valence-electron chi connectivity index (χ2n) is 4.33. The number of pyridine rings is 2. The molecule has 2 heterocycles. The fraction of sp³-hybridized carbons (Fsp3) is 0. The van der Waals surface area contributed by atoms with E-state index in [0.29, 0.717) is 0 Å². The number of carbonyl (C=O) groups excluding carboxylic acids is 1. The van der Waals surface area contributed by atoms with Crippen LogP contribution in [-0.4, -0.2) is 15.9 Å². The van der Waals surface area contributed by atoms with Gasteiger partial charge in [0.25, 0.3) is 5.91 Å². The second kappa shape index (κ2) is 5.46. The number of benzene rings is 1. The van der Waals surface area contributed by atoms with E-state index in [4.69, 9.17) is 11.6 Å². The zero-order chi connectivity index (χ0) is 14.8. The molecule has 3 aromatic rings. The molecule has 0 atom stereocenters. The highest BCUT2D eigenvalue weighted by Gasteiger charge is 2.13. The quantitative estimate of drug-likeness (QED) is 0.735. The van der Waals surface area contributed by atoms with Crippen molar-refractivity contribution in [2.45, 2.75) is 0 Å². The molecule has 0 unspecified atom stereocenters. The van der Waals surface area contributed by atoms with E-state index >= 15 is 0 Å². The lowest BCUT2D eigenvalue weighted by Gasteiger charge is -2.07. The van der Waals surface area contributed by atoms with Gasteiger partial charge in [-0.2, -0.15) is 0 Å². The van der Waals surface area contributed by atoms with Crippen molar-refractivity contribution >= 4 is 34.0 Å². The maximum atomic E-state index is 13.5. The van der Waals surface area contributed by atoms with Crippen molar-refractivity contribution < 1.29 is 9.18 Å². The minimum atomic E-state index is -0.613. The van der Waals surface area contributed by atoms with Crippen LogP contribution in [0.5, 0.6) is 0 Å². The number of hydrogen-bond acceptors (Lipinski definition) is 3. The molecule has 6 heteroatoms. The van der Waals surface area contributed by atoms with E-state index in [9.17, 15) is 9.18 Å². The Morgan fingerprint density at radius 2 is 2.05 bits per heavy atom. The molecule has 0 saturated carbocycles. The summed E-state index contributed by atoms with van der Waals surface area (Å²) in [5.41, 5.74) is 0.163. The Morgan fingerprint density at radius 1 is 1.24 bits per heavy atom. The van der Waals surface area contributed by atoms with Crippen LogP contribution in [0.4, 0.5) is 10.1 Å². The van der Waals surface area contributed by atoms with Crippen molar-refractivity contribution in [1.29, 1.82) is 0 Å². The van der Waals surface area contributed by atoms with Crippen molar-refractivity contribution in [3.8, 4) is 0 Å². The van der Waals surface area contributed by atoms with Gasteiger partial charge in [0.1, 0.15) is 10.8 Å². The summed E-state index contributed by atoms with van der Waals surface area (Å²) in [6.07, 6.45) is 2.41. The molecule has 1 amide bonds.